The average molecular weight is 304 g/mol. The summed E-state index contributed by atoms with van der Waals surface area (Å²) in [7, 11) is 0. The molecular formula is C13H19Cl2N3O. The number of nitrogens with one attached hydrogen (secondary N) is 1. The van der Waals surface area contributed by atoms with Gasteiger partial charge < -0.3 is 10.2 Å². The van der Waals surface area contributed by atoms with Crippen molar-refractivity contribution < 1.29 is 4.79 Å². The second kappa shape index (κ2) is 6.55. The second-order valence-corrected chi connectivity index (χ2v) is 5.05. The van der Waals surface area contributed by atoms with Crippen molar-refractivity contribution in [2.75, 3.05) is 19.6 Å². The van der Waals surface area contributed by atoms with Gasteiger partial charge in [-0.2, -0.15) is 0 Å². The number of pyridine rings is 1. The lowest BCUT2D eigenvalue weighted by Crippen LogP contribution is -2.35. The number of hydrogen-bond donors (Lipinski definition) is 1. The van der Waals surface area contributed by atoms with Crippen LogP contribution in [0.4, 0.5) is 0 Å². The maximum atomic E-state index is 12.4. The van der Waals surface area contributed by atoms with E-state index < -0.39 is 0 Å². The summed E-state index contributed by atoms with van der Waals surface area (Å²) in [5.74, 6) is 0.325. The van der Waals surface area contributed by atoms with Crippen LogP contribution < -0.4 is 5.32 Å². The molecule has 3 heterocycles. The van der Waals surface area contributed by atoms with Crippen molar-refractivity contribution in [1.29, 1.82) is 0 Å². The summed E-state index contributed by atoms with van der Waals surface area (Å²) in [6, 6.07) is 3.95. The zero-order chi connectivity index (χ0) is 11.7. The average Bonchev–Trinajstić information content (AvgIpc) is 2.95. The van der Waals surface area contributed by atoms with Gasteiger partial charge in [-0.05, 0) is 31.0 Å². The first-order chi connectivity index (χ1) is 8.30. The number of likely N-dealkylation sites (tertiary alicyclic amines) is 1. The summed E-state index contributed by atoms with van der Waals surface area (Å²) in [6.45, 7) is 3.42. The minimum Gasteiger partial charge on any atom is -0.338 e. The van der Waals surface area contributed by atoms with Crippen LogP contribution in [0.1, 0.15) is 18.4 Å². The van der Waals surface area contributed by atoms with Crippen molar-refractivity contribution in [3.05, 3.63) is 30.1 Å². The van der Waals surface area contributed by atoms with Gasteiger partial charge in [-0.15, -0.1) is 24.8 Å². The first kappa shape index (κ1) is 16.2. The molecule has 0 radical (unpaired) electrons. The number of hydrogen-bond acceptors (Lipinski definition) is 3. The minimum absolute atomic E-state index is 0. The summed E-state index contributed by atoms with van der Waals surface area (Å²) in [5, 5.41) is 3.31. The van der Waals surface area contributed by atoms with Crippen molar-refractivity contribution in [3.8, 4) is 0 Å². The molecule has 2 saturated heterocycles. The fourth-order valence-electron chi connectivity index (χ4n) is 2.90. The Balaban J connectivity index is 0.000000902. The molecule has 1 atom stereocenters. The largest absolute Gasteiger partial charge is 0.338 e. The van der Waals surface area contributed by atoms with Crippen LogP contribution in [0.2, 0.25) is 0 Å². The molecule has 1 amide bonds. The first-order valence-electron chi connectivity index (χ1n) is 6.19. The van der Waals surface area contributed by atoms with Gasteiger partial charge in [0.1, 0.15) is 0 Å². The molecular weight excluding hydrogens is 285 g/mol. The Morgan fingerprint density at radius 2 is 2.21 bits per heavy atom. The Kier molecular flexibility index (Phi) is 5.59. The molecule has 19 heavy (non-hydrogen) atoms. The molecule has 1 spiro atoms. The highest BCUT2D eigenvalue weighted by molar-refractivity contribution is 5.86. The third-order valence-electron chi connectivity index (χ3n) is 3.94. The number of nitrogens with zero attached hydrogens (tertiary/aromatic N) is 2. The van der Waals surface area contributed by atoms with Crippen LogP contribution in [-0.4, -0.2) is 35.4 Å². The quantitative estimate of drug-likeness (QED) is 0.903. The van der Waals surface area contributed by atoms with Gasteiger partial charge in [-0.25, -0.2) is 0 Å². The van der Waals surface area contributed by atoms with Crippen LogP contribution in [0.15, 0.2) is 24.5 Å². The van der Waals surface area contributed by atoms with E-state index in [1.807, 2.05) is 23.2 Å². The van der Waals surface area contributed by atoms with E-state index in [0.29, 0.717) is 12.5 Å². The zero-order valence-electron chi connectivity index (χ0n) is 10.7. The Morgan fingerprint density at radius 3 is 2.84 bits per heavy atom. The van der Waals surface area contributed by atoms with Crippen LogP contribution in [0, 0.1) is 5.41 Å². The summed E-state index contributed by atoms with van der Waals surface area (Å²) in [5.41, 5.74) is 1.02. The van der Waals surface area contributed by atoms with Crippen molar-refractivity contribution in [2.45, 2.75) is 19.4 Å². The predicted octanol–water partition coefficient (Wildman–Crippen LogP) is 1.64. The standard InChI is InChI=1S/C13H17N3O.2ClH/c17-12-13(3-6-15-10-13)4-7-16(12)9-11-2-1-5-14-8-11;;/h1-2,5,8,15H,3-4,6-7,9-10H2;2*1H. The van der Waals surface area contributed by atoms with E-state index in [-0.39, 0.29) is 30.2 Å². The minimum atomic E-state index is -0.0950. The Morgan fingerprint density at radius 1 is 1.37 bits per heavy atom. The lowest BCUT2D eigenvalue weighted by Gasteiger charge is -2.21. The molecule has 4 nitrogen and oxygen atoms in total. The van der Waals surface area contributed by atoms with Gasteiger partial charge in [-0.1, -0.05) is 6.07 Å². The highest BCUT2D eigenvalue weighted by Crippen LogP contribution is 2.37. The molecule has 0 saturated carbocycles. The van der Waals surface area contributed by atoms with Crippen molar-refractivity contribution in [1.82, 2.24) is 15.2 Å². The number of halogens is 2. The number of amides is 1. The van der Waals surface area contributed by atoms with Crippen LogP contribution in [-0.2, 0) is 11.3 Å². The van der Waals surface area contributed by atoms with E-state index in [2.05, 4.69) is 10.3 Å². The number of rotatable bonds is 2. The highest BCUT2D eigenvalue weighted by Gasteiger charge is 2.47. The molecule has 6 heteroatoms. The summed E-state index contributed by atoms with van der Waals surface area (Å²) >= 11 is 0. The molecule has 2 fully saturated rings. The summed E-state index contributed by atoms with van der Waals surface area (Å²) in [6.07, 6.45) is 5.59. The second-order valence-electron chi connectivity index (χ2n) is 5.05. The molecule has 1 aromatic heterocycles. The normalized spacial score (nSPS) is 25.3. The molecule has 0 bridgehead atoms. The molecule has 1 N–H and O–H groups in total. The summed E-state index contributed by atoms with van der Waals surface area (Å²) in [4.78, 5) is 18.5. The topological polar surface area (TPSA) is 45.2 Å². The molecule has 1 aromatic rings. The van der Waals surface area contributed by atoms with Gasteiger partial charge >= 0.3 is 0 Å². The Hall–Kier alpha value is -0.840. The van der Waals surface area contributed by atoms with E-state index in [9.17, 15) is 4.79 Å². The van der Waals surface area contributed by atoms with Crippen LogP contribution in [0.3, 0.4) is 0 Å². The fraction of sp³-hybridized carbons (Fsp3) is 0.538. The lowest BCUT2D eigenvalue weighted by molar-refractivity contribution is -0.135. The molecule has 3 rings (SSSR count). The highest BCUT2D eigenvalue weighted by atomic mass is 35.5. The number of carbonyl (C=O) groups is 1. The van der Waals surface area contributed by atoms with Gasteiger partial charge in [0.05, 0.1) is 5.41 Å². The number of aromatic nitrogens is 1. The Bertz CT molecular complexity index is 421. The smallest absolute Gasteiger partial charge is 0.230 e. The van der Waals surface area contributed by atoms with E-state index >= 15 is 0 Å². The number of carbonyl (C=O) groups excluding carboxylic acids is 1. The fourth-order valence-corrected chi connectivity index (χ4v) is 2.90. The third kappa shape index (κ3) is 3.02. The van der Waals surface area contributed by atoms with Crippen LogP contribution in [0.5, 0.6) is 0 Å². The van der Waals surface area contributed by atoms with E-state index in [0.717, 1.165) is 38.0 Å². The van der Waals surface area contributed by atoms with Gasteiger partial charge in [0.15, 0.2) is 0 Å². The van der Waals surface area contributed by atoms with Crippen molar-refractivity contribution in [2.24, 2.45) is 5.41 Å². The van der Waals surface area contributed by atoms with Crippen LogP contribution in [0.25, 0.3) is 0 Å². The molecule has 2 aliphatic rings. The SMILES string of the molecule is Cl.Cl.O=C1N(Cc2cccnc2)CCC12CCNC2. The van der Waals surface area contributed by atoms with E-state index in [1.165, 1.54) is 0 Å². The van der Waals surface area contributed by atoms with Gasteiger partial charge in [0.2, 0.25) is 5.91 Å². The lowest BCUT2D eigenvalue weighted by atomic mass is 9.86. The van der Waals surface area contributed by atoms with Gasteiger partial charge in [0, 0.05) is 32.0 Å². The van der Waals surface area contributed by atoms with E-state index in [1.54, 1.807) is 6.20 Å². The predicted molar refractivity (Wildman–Crippen MR) is 78.7 cm³/mol. The zero-order valence-corrected chi connectivity index (χ0v) is 12.3. The van der Waals surface area contributed by atoms with Crippen molar-refractivity contribution in [3.63, 3.8) is 0 Å². The monoisotopic (exact) mass is 303 g/mol. The van der Waals surface area contributed by atoms with E-state index in [4.69, 9.17) is 0 Å². The summed E-state index contributed by atoms with van der Waals surface area (Å²) < 4.78 is 0. The molecule has 0 aliphatic carbocycles. The molecule has 106 valence electrons. The first-order valence-corrected chi connectivity index (χ1v) is 6.19. The maximum absolute atomic E-state index is 12.4. The van der Waals surface area contributed by atoms with Gasteiger partial charge in [-0.3, -0.25) is 9.78 Å². The Labute approximate surface area is 125 Å². The van der Waals surface area contributed by atoms with Crippen molar-refractivity contribution >= 4 is 30.7 Å². The molecule has 0 aromatic carbocycles. The molecule has 2 aliphatic heterocycles. The maximum Gasteiger partial charge on any atom is 0.230 e. The third-order valence-corrected chi connectivity index (χ3v) is 3.94. The molecule has 1 unspecified atom stereocenters. The van der Waals surface area contributed by atoms with Gasteiger partial charge in [0.25, 0.3) is 0 Å². The van der Waals surface area contributed by atoms with Crippen LogP contribution >= 0.6 is 24.8 Å².